The van der Waals surface area contributed by atoms with E-state index < -0.39 is 0 Å². The van der Waals surface area contributed by atoms with E-state index in [2.05, 4.69) is 35.6 Å². The zero-order valence-electron chi connectivity index (χ0n) is 14.9. The van der Waals surface area contributed by atoms with Crippen LogP contribution >= 0.6 is 0 Å². The van der Waals surface area contributed by atoms with Crippen molar-refractivity contribution in [3.05, 3.63) is 0 Å². The minimum absolute atomic E-state index is 0.115. The van der Waals surface area contributed by atoms with Gasteiger partial charge in [0.05, 0.1) is 13.2 Å². The van der Waals surface area contributed by atoms with Gasteiger partial charge in [0.25, 0.3) is 0 Å². The van der Waals surface area contributed by atoms with Crippen molar-refractivity contribution >= 4 is 5.91 Å². The lowest BCUT2D eigenvalue weighted by molar-refractivity contribution is -0.131. The maximum absolute atomic E-state index is 12.4. The van der Waals surface area contributed by atoms with Gasteiger partial charge in [0.1, 0.15) is 0 Å². The molecule has 5 heteroatoms. The van der Waals surface area contributed by atoms with Crippen molar-refractivity contribution in [2.24, 2.45) is 0 Å². The largest absolute Gasteiger partial charge is 0.383 e. The molecule has 1 atom stereocenters. The predicted octanol–water partition coefficient (Wildman–Crippen LogP) is 1.04. The molecule has 2 heterocycles. The number of hydrogen-bond donors (Lipinski definition) is 0. The molecule has 0 N–H and O–H groups in total. The SMILES string of the molecule is CCC#CCN1CCN(C)C2(CCC(=O)N(CCOC)CC2)C1. The van der Waals surface area contributed by atoms with Crippen LogP contribution in [-0.4, -0.2) is 86.2 Å². The molecule has 5 nitrogen and oxygen atoms in total. The molecule has 2 rings (SSSR count). The Morgan fingerprint density at radius 2 is 2.04 bits per heavy atom. The number of carbonyl (C=O) groups excluding carboxylic acids is 1. The fraction of sp³-hybridized carbons (Fsp3) is 0.833. The summed E-state index contributed by atoms with van der Waals surface area (Å²) < 4.78 is 5.14. The summed E-state index contributed by atoms with van der Waals surface area (Å²) in [6, 6.07) is 0. The lowest BCUT2D eigenvalue weighted by atomic mass is 9.86. The topological polar surface area (TPSA) is 36.0 Å². The Bertz CT molecular complexity index is 457. The number of piperazine rings is 1. The summed E-state index contributed by atoms with van der Waals surface area (Å²) in [5.41, 5.74) is 0.115. The van der Waals surface area contributed by atoms with Crippen molar-refractivity contribution in [1.82, 2.24) is 14.7 Å². The number of ether oxygens (including phenoxy) is 1. The molecule has 0 bridgehead atoms. The van der Waals surface area contributed by atoms with E-state index in [1.54, 1.807) is 7.11 Å². The quantitative estimate of drug-likeness (QED) is 0.725. The minimum atomic E-state index is 0.115. The van der Waals surface area contributed by atoms with Gasteiger partial charge in [0.2, 0.25) is 5.91 Å². The molecule has 0 aliphatic carbocycles. The second-order valence-electron chi connectivity index (χ2n) is 6.69. The van der Waals surface area contributed by atoms with Crippen LogP contribution in [0, 0.1) is 11.8 Å². The van der Waals surface area contributed by atoms with Crippen LogP contribution in [0.5, 0.6) is 0 Å². The number of carbonyl (C=O) groups is 1. The Labute approximate surface area is 140 Å². The van der Waals surface area contributed by atoms with Crippen LogP contribution in [0.25, 0.3) is 0 Å². The van der Waals surface area contributed by atoms with Crippen LogP contribution in [-0.2, 0) is 9.53 Å². The van der Waals surface area contributed by atoms with Crippen LogP contribution in [0.1, 0.15) is 32.6 Å². The molecule has 2 aliphatic rings. The lowest BCUT2D eigenvalue weighted by Crippen LogP contribution is -2.61. The fourth-order valence-corrected chi connectivity index (χ4v) is 3.64. The van der Waals surface area contributed by atoms with Crippen LogP contribution < -0.4 is 0 Å². The molecule has 2 fully saturated rings. The van der Waals surface area contributed by atoms with Crippen LogP contribution in [0.4, 0.5) is 0 Å². The first-order valence-corrected chi connectivity index (χ1v) is 8.77. The number of rotatable bonds is 4. The number of amides is 1. The lowest BCUT2D eigenvalue weighted by Gasteiger charge is -2.49. The smallest absolute Gasteiger partial charge is 0.222 e. The highest BCUT2D eigenvalue weighted by molar-refractivity contribution is 5.76. The molecule has 0 saturated carbocycles. The van der Waals surface area contributed by atoms with Gasteiger partial charge in [-0.2, -0.15) is 0 Å². The number of methoxy groups -OCH3 is 1. The molecule has 23 heavy (non-hydrogen) atoms. The normalized spacial score (nSPS) is 26.9. The van der Waals surface area contributed by atoms with Crippen molar-refractivity contribution in [2.45, 2.75) is 38.1 Å². The summed E-state index contributed by atoms with van der Waals surface area (Å²) in [4.78, 5) is 19.3. The van der Waals surface area contributed by atoms with Gasteiger partial charge in [-0.05, 0) is 19.9 Å². The molecular weight excluding hydrogens is 290 g/mol. The highest BCUT2D eigenvalue weighted by Crippen LogP contribution is 2.31. The minimum Gasteiger partial charge on any atom is -0.383 e. The first-order chi connectivity index (χ1) is 11.1. The van der Waals surface area contributed by atoms with E-state index in [1.807, 2.05) is 4.90 Å². The average Bonchev–Trinajstić information content (AvgIpc) is 2.70. The summed E-state index contributed by atoms with van der Waals surface area (Å²) >= 11 is 0. The number of likely N-dealkylation sites (tertiary alicyclic amines) is 1. The Morgan fingerprint density at radius 1 is 1.22 bits per heavy atom. The van der Waals surface area contributed by atoms with Crippen LogP contribution in [0.3, 0.4) is 0 Å². The van der Waals surface area contributed by atoms with Gasteiger partial charge >= 0.3 is 0 Å². The second-order valence-corrected chi connectivity index (χ2v) is 6.69. The molecule has 2 aliphatic heterocycles. The van der Waals surface area contributed by atoms with Gasteiger partial charge < -0.3 is 9.64 Å². The Balaban J connectivity index is 2.01. The molecule has 0 aromatic carbocycles. The van der Waals surface area contributed by atoms with Gasteiger partial charge in [-0.15, -0.1) is 5.92 Å². The maximum Gasteiger partial charge on any atom is 0.222 e. The van der Waals surface area contributed by atoms with E-state index in [0.29, 0.717) is 19.6 Å². The van der Waals surface area contributed by atoms with Crippen molar-refractivity contribution in [3.63, 3.8) is 0 Å². The summed E-state index contributed by atoms with van der Waals surface area (Å²) in [7, 11) is 3.90. The molecule has 130 valence electrons. The standard InChI is InChI=1S/C18H31N3O2/c1-4-5-6-10-20-13-12-19(2)18(16-20)8-7-17(22)21(11-9-18)14-15-23-3/h4,7-16H2,1-3H3. The van der Waals surface area contributed by atoms with Gasteiger partial charge in [0, 0.05) is 58.2 Å². The number of nitrogens with zero attached hydrogens (tertiary/aromatic N) is 3. The van der Waals surface area contributed by atoms with Gasteiger partial charge in [0.15, 0.2) is 0 Å². The van der Waals surface area contributed by atoms with E-state index in [9.17, 15) is 4.79 Å². The Morgan fingerprint density at radius 3 is 2.78 bits per heavy atom. The Kier molecular flexibility index (Phi) is 6.88. The molecule has 2 saturated heterocycles. The highest BCUT2D eigenvalue weighted by atomic mass is 16.5. The summed E-state index contributed by atoms with van der Waals surface area (Å²) in [5, 5.41) is 0. The monoisotopic (exact) mass is 321 g/mol. The predicted molar refractivity (Wildman–Crippen MR) is 92.2 cm³/mol. The molecule has 0 radical (unpaired) electrons. The fourth-order valence-electron chi connectivity index (χ4n) is 3.64. The van der Waals surface area contributed by atoms with Crippen molar-refractivity contribution in [1.29, 1.82) is 0 Å². The summed E-state index contributed by atoms with van der Waals surface area (Å²) in [5.74, 6) is 6.71. The number of hydrogen-bond acceptors (Lipinski definition) is 4. The molecular formula is C18H31N3O2. The van der Waals surface area contributed by atoms with E-state index in [0.717, 1.165) is 52.0 Å². The van der Waals surface area contributed by atoms with Crippen LogP contribution in [0.15, 0.2) is 0 Å². The van der Waals surface area contributed by atoms with E-state index in [-0.39, 0.29) is 11.4 Å². The van der Waals surface area contributed by atoms with Gasteiger partial charge in [-0.3, -0.25) is 14.6 Å². The van der Waals surface area contributed by atoms with Crippen molar-refractivity contribution in [2.75, 3.05) is 60.0 Å². The zero-order valence-corrected chi connectivity index (χ0v) is 14.9. The first-order valence-electron chi connectivity index (χ1n) is 8.77. The van der Waals surface area contributed by atoms with Crippen LogP contribution in [0.2, 0.25) is 0 Å². The highest BCUT2D eigenvalue weighted by Gasteiger charge is 2.41. The molecule has 1 unspecified atom stereocenters. The molecule has 1 spiro atoms. The zero-order chi connectivity index (χ0) is 16.7. The van der Waals surface area contributed by atoms with Crippen molar-refractivity contribution < 1.29 is 9.53 Å². The summed E-state index contributed by atoms with van der Waals surface area (Å²) in [6.07, 6.45) is 3.55. The third kappa shape index (κ3) is 4.69. The molecule has 0 aromatic rings. The summed E-state index contributed by atoms with van der Waals surface area (Å²) in [6.45, 7) is 8.25. The average molecular weight is 321 g/mol. The molecule has 0 aromatic heterocycles. The third-order valence-electron chi connectivity index (χ3n) is 5.25. The van der Waals surface area contributed by atoms with E-state index in [1.165, 1.54) is 0 Å². The second kappa shape index (κ2) is 8.68. The maximum atomic E-state index is 12.4. The van der Waals surface area contributed by atoms with Gasteiger partial charge in [-0.1, -0.05) is 12.8 Å². The Hall–Kier alpha value is -1.09. The number of likely N-dealkylation sites (N-methyl/N-ethyl adjacent to an activating group) is 1. The molecule has 1 amide bonds. The van der Waals surface area contributed by atoms with Gasteiger partial charge in [-0.25, -0.2) is 0 Å². The van der Waals surface area contributed by atoms with E-state index in [4.69, 9.17) is 4.74 Å². The van der Waals surface area contributed by atoms with Crippen molar-refractivity contribution in [3.8, 4) is 11.8 Å². The first kappa shape index (κ1) is 18.3. The van der Waals surface area contributed by atoms with E-state index >= 15 is 0 Å². The third-order valence-corrected chi connectivity index (χ3v) is 5.25.